The minimum absolute atomic E-state index is 0.368. The predicted octanol–water partition coefficient (Wildman–Crippen LogP) is 4.69. The van der Waals surface area contributed by atoms with E-state index in [1.807, 2.05) is 42.5 Å². The van der Waals surface area contributed by atoms with Gasteiger partial charge in [0.2, 0.25) is 0 Å². The summed E-state index contributed by atoms with van der Waals surface area (Å²) >= 11 is 7.60. The number of para-hydroxylation sites is 1. The summed E-state index contributed by atoms with van der Waals surface area (Å²) in [6.07, 6.45) is 0. The van der Waals surface area contributed by atoms with Crippen molar-refractivity contribution < 1.29 is 9.59 Å². The number of fused-ring (bicyclic) bond motifs is 1. The highest BCUT2D eigenvalue weighted by Crippen LogP contribution is 2.29. The van der Waals surface area contributed by atoms with E-state index in [2.05, 4.69) is 15.8 Å². The molecule has 0 fully saturated rings. The number of thiophene rings is 1. The van der Waals surface area contributed by atoms with Gasteiger partial charge < -0.3 is 0 Å². The van der Waals surface area contributed by atoms with Crippen LogP contribution >= 0.6 is 22.9 Å². The van der Waals surface area contributed by atoms with E-state index >= 15 is 0 Å². The molecule has 2 aromatic carbocycles. The van der Waals surface area contributed by atoms with E-state index in [1.165, 1.54) is 11.3 Å². The van der Waals surface area contributed by atoms with E-state index in [1.54, 1.807) is 29.6 Å². The van der Waals surface area contributed by atoms with Gasteiger partial charge in [-0.1, -0.05) is 54.1 Å². The normalized spacial score (nSPS) is 10.6. The number of carbonyl (C=O) groups excluding carboxylic acids is 2. The van der Waals surface area contributed by atoms with Crippen molar-refractivity contribution in [2.45, 2.75) is 0 Å². The lowest BCUT2D eigenvalue weighted by Crippen LogP contribution is -2.41. The number of aromatic nitrogens is 1. The summed E-state index contributed by atoms with van der Waals surface area (Å²) in [6.45, 7) is 0. The summed E-state index contributed by atoms with van der Waals surface area (Å²) in [4.78, 5) is 30.1. The summed E-state index contributed by atoms with van der Waals surface area (Å²) in [5.74, 6) is -0.801. The number of nitrogens with zero attached hydrogens (tertiary/aromatic N) is 1. The molecule has 28 heavy (non-hydrogen) atoms. The van der Waals surface area contributed by atoms with E-state index in [-0.39, 0.29) is 5.91 Å². The minimum atomic E-state index is -0.434. The van der Waals surface area contributed by atoms with Crippen molar-refractivity contribution in [3.05, 3.63) is 87.6 Å². The first-order valence-electron chi connectivity index (χ1n) is 8.42. The Kier molecular flexibility index (Phi) is 5.06. The van der Waals surface area contributed by atoms with Gasteiger partial charge in [-0.15, -0.1) is 11.3 Å². The Labute approximate surface area is 170 Å². The molecule has 0 aliphatic heterocycles. The first kappa shape index (κ1) is 18.2. The van der Waals surface area contributed by atoms with Gasteiger partial charge in [-0.2, -0.15) is 0 Å². The second-order valence-corrected chi connectivity index (χ2v) is 7.29. The fraction of sp³-hybridized carbons (Fsp3) is 0. The van der Waals surface area contributed by atoms with Crippen LogP contribution < -0.4 is 10.9 Å². The maximum atomic E-state index is 12.8. The number of rotatable bonds is 3. The first-order valence-corrected chi connectivity index (χ1v) is 9.68. The van der Waals surface area contributed by atoms with E-state index in [9.17, 15) is 9.59 Å². The number of hydrazine groups is 1. The van der Waals surface area contributed by atoms with Crippen LogP contribution in [0.3, 0.4) is 0 Å². The number of amides is 2. The van der Waals surface area contributed by atoms with Crippen LogP contribution in [0.4, 0.5) is 0 Å². The van der Waals surface area contributed by atoms with Gasteiger partial charge in [0.25, 0.3) is 11.8 Å². The monoisotopic (exact) mass is 407 g/mol. The summed E-state index contributed by atoms with van der Waals surface area (Å²) in [5, 5.41) is 3.02. The van der Waals surface area contributed by atoms with Crippen LogP contribution in [0.5, 0.6) is 0 Å². The molecule has 0 saturated carbocycles. The zero-order valence-corrected chi connectivity index (χ0v) is 16.1. The Hall–Kier alpha value is -3.22. The third-order valence-corrected chi connectivity index (χ3v) is 5.34. The van der Waals surface area contributed by atoms with Crippen molar-refractivity contribution in [3.63, 3.8) is 0 Å². The van der Waals surface area contributed by atoms with Crippen LogP contribution in [-0.4, -0.2) is 16.8 Å². The molecule has 0 aliphatic carbocycles. The fourth-order valence-corrected chi connectivity index (χ4v) is 3.67. The molecule has 2 aromatic heterocycles. The lowest BCUT2D eigenvalue weighted by molar-refractivity contribution is 0.0850. The van der Waals surface area contributed by atoms with E-state index < -0.39 is 5.91 Å². The van der Waals surface area contributed by atoms with Gasteiger partial charge >= 0.3 is 0 Å². The Bertz CT molecular complexity index is 1180. The number of pyridine rings is 1. The molecule has 2 N–H and O–H groups in total. The second-order valence-electron chi connectivity index (χ2n) is 5.94. The largest absolute Gasteiger partial charge is 0.279 e. The Morgan fingerprint density at radius 2 is 1.64 bits per heavy atom. The molecule has 4 rings (SSSR count). The van der Waals surface area contributed by atoms with Gasteiger partial charge in [-0.25, -0.2) is 4.98 Å². The fourth-order valence-electron chi connectivity index (χ4n) is 2.82. The maximum absolute atomic E-state index is 12.8. The standard InChI is InChI=1S/C21H14ClN3O2S/c22-16-8-3-1-7-14(16)18-12-15(13-6-2-4-9-17(13)23-18)20(26)24-25-21(27)19-10-5-11-28-19/h1-12H,(H,24,26)(H,25,27). The predicted molar refractivity (Wildman–Crippen MR) is 111 cm³/mol. The zero-order chi connectivity index (χ0) is 19.5. The van der Waals surface area contributed by atoms with Gasteiger partial charge in [-0.05, 0) is 29.6 Å². The van der Waals surface area contributed by atoms with Gasteiger partial charge in [-0.3, -0.25) is 20.4 Å². The van der Waals surface area contributed by atoms with Crippen molar-refractivity contribution in [1.82, 2.24) is 15.8 Å². The molecular weight excluding hydrogens is 394 g/mol. The topological polar surface area (TPSA) is 71.1 Å². The molecule has 0 radical (unpaired) electrons. The van der Waals surface area contributed by atoms with Crippen molar-refractivity contribution in [1.29, 1.82) is 0 Å². The third kappa shape index (κ3) is 3.60. The number of benzene rings is 2. The number of hydrogen-bond acceptors (Lipinski definition) is 4. The molecule has 7 heteroatoms. The van der Waals surface area contributed by atoms with Crippen LogP contribution in [0.2, 0.25) is 5.02 Å². The van der Waals surface area contributed by atoms with Gasteiger partial charge in [0.1, 0.15) is 0 Å². The molecule has 0 spiro atoms. The quantitative estimate of drug-likeness (QED) is 0.484. The van der Waals surface area contributed by atoms with Crippen LogP contribution in [0.15, 0.2) is 72.1 Å². The van der Waals surface area contributed by atoms with Crippen LogP contribution in [0.1, 0.15) is 20.0 Å². The number of halogens is 1. The van der Waals surface area contributed by atoms with Gasteiger partial charge in [0.15, 0.2) is 0 Å². The second kappa shape index (κ2) is 7.80. The Morgan fingerprint density at radius 3 is 2.43 bits per heavy atom. The van der Waals surface area contributed by atoms with Crippen LogP contribution in [-0.2, 0) is 0 Å². The number of nitrogens with one attached hydrogen (secondary N) is 2. The van der Waals surface area contributed by atoms with E-state index in [0.29, 0.717) is 32.1 Å². The summed E-state index contributed by atoms with van der Waals surface area (Å²) in [7, 11) is 0. The third-order valence-electron chi connectivity index (χ3n) is 4.15. The lowest BCUT2D eigenvalue weighted by Gasteiger charge is -2.11. The van der Waals surface area contributed by atoms with Crippen LogP contribution in [0, 0.1) is 0 Å². The van der Waals surface area contributed by atoms with Crippen molar-refractivity contribution in [2.24, 2.45) is 0 Å². The molecule has 0 atom stereocenters. The Morgan fingerprint density at radius 1 is 0.893 bits per heavy atom. The molecule has 0 aliphatic rings. The van der Waals surface area contributed by atoms with Crippen molar-refractivity contribution >= 4 is 45.7 Å². The van der Waals surface area contributed by atoms with Crippen LogP contribution in [0.25, 0.3) is 22.2 Å². The molecule has 4 aromatic rings. The SMILES string of the molecule is O=C(NNC(=O)c1cc(-c2ccccc2Cl)nc2ccccc12)c1cccs1. The molecule has 0 saturated heterocycles. The molecule has 0 unspecified atom stereocenters. The zero-order valence-electron chi connectivity index (χ0n) is 14.5. The first-order chi connectivity index (χ1) is 13.6. The average molecular weight is 408 g/mol. The average Bonchev–Trinajstić information content (AvgIpc) is 3.26. The maximum Gasteiger partial charge on any atom is 0.279 e. The summed E-state index contributed by atoms with van der Waals surface area (Å²) in [6, 6.07) is 19.8. The highest BCUT2D eigenvalue weighted by Gasteiger charge is 2.16. The molecule has 138 valence electrons. The molecular formula is C21H14ClN3O2S. The molecule has 0 bridgehead atoms. The highest BCUT2D eigenvalue weighted by molar-refractivity contribution is 7.12. The lowest BCUT2D eigenvalue weighted by atomic mass is 10.0. The molecule has 2 amide bonds. The molecule has 5 nitrogen and oxygen atoms in total. The highest BCUT2D eigenvalue weighted by atomic mass is 35.5. The Balaban J connectivity index is 1.70. The van der Waals surface area contributed by atoms with Crippen molar-refractivity contribution in [3.8, 4) is 11.3 Å². The van der Waals surface area contributed by atoms with Crippen molar-refractivity contribution in [2.75, 3.05) is 0 Å². The summed E-state index contributed by atoms with van der Waals surface area (Å²) < 4.78 is 0. The van der Waals surface area contributed by atoms with Gasteiger partial charge in [0, 0.05) is 16.0 Å². The van der Waals surface area contributed by atoms with E-state index in [0.717, 1.165) is 5.56 Å². The van der Waals surface area contributed by atoms with E-state index in [4.69, 9.17) is 11.6 Å². The molecule has 2 heterocycles. The van der Waals surface area contributed by atoms with Gasteiger partial charge in [0.05, 0.1) is 21.7 Å². The smallest absolute Gasteiger partial charge is 0.267 e. The minimum Gasteiger partial charge on any atom is -0.267 e. The summed E-state index contributed by atoms with van der Waals surface area (Å²) in [5.41, 5.74) is 7.29. The number of carbonyl (C=O) groups is 2. The number of hydrogen-bond donors (Lipinski definition) is 2.